The molecule has 2 aromatic rings. The zero-order chi connectivity index (χ0) is 19.0. The number of benzene rings is 1. The van der Waals surface area contributed by atoms with Crippen LogP contribution in [0.25, 0.3) is 0 Å². The molecule has 0 spiro atoms. The number of halogens is 4. The molecular weight excluding hydrogens is 439 g/mol. The predicted octanol–water partition coefficient (Wildman–Crippen LogP) is 5.57. The van der Waals surface area contributed by atoms with E-state index in [4.69, 9.17) is 0 Å². The summed E-state index contributed by atoms with van der Waals surface area (Å²) in [5.74, 6) is -2.27. The van der Waals surface area contributed by atoms with Gasteiger partial charge in [-0.1, -0.05) is 12.1 Å². The lowest BCUT2D eigenvalue weighted by atomic mass is 9.92. The molecule has 2 saturated carbocycles. The number of anilines is 1. The van der Waals surface area contributed by atoms with E-state index in [2.05, 4.69) is 15.6 Å². The van der Waals surface area contributed by atoms with E-state index in [1.165, 1.54) is 11.3 Å². The highest BCUT2D eigenvalue weighted by atomic mass is 35.5. The van der Waals surface area contributed by atoms with Crippen molar-refractivity contribution in [3.05, 3.63) is 46.6 Å². The van der Waals surface area contributed by atoms with E-state index >= 15 is 0 Å². The Hall–Kier alpha value is -1.28. The summed E-state index contributed by atoms with van der Waals surface area (Å²) < 4.78 is 26.6. The fourth-order valence-corrected chi connectivity index (χ4v) is 4.44. The van der Waals surface area contributed by atoms with Gasteiger partial charge in [-0.2, -0.15) is 0 Å². The lowest BCUT2D eigenvalue weighted by molar-refractivity contribution is -0.0405. The molecule has 2 N–H and O–H groups in total. The number of hydrogen-bond donors (Lipinski definition) is 2. The van der Waals surface area contributed by atoms with Crippen molar-refractivity contribution < 1.29 is 13.6 Å². The topological polar surface area (TPSA) is 54.0 Å². The van der Waals surface area contributed by atoms with Crippen LogP contribution in [0.15, 0.2) is 30.5 Å². The normalized spacial score (nSPS) is 22.9. The number of nitrogens with one attached hydrogen (secondary N) is 2. The first kappa shape index (κ1) is 24.0. The van der Waals surface area contributed by atoms with Crippen LogP contribution in [0.3, 0.4) is 0 Å². The molecule has 2 fully saturated rings. The summed E-state index contributed by atoms with van der Waals surface area (Å²) in [5.41, 5.74) is 1.75. The highest BCUT2D eigenvalue weighted by molar-refractivity contribution is 7.15. The molecule has 0 saturated heterocycles. The van der Waals surface area contributed by atoms with E-state index in [-0.39, 0.29) is 49.6 Å². The Balaban J connectivity index is 0.00000150. The largest absolute Gasteiger partial charge is 0.312 e. The molecular formula is C20H25Cl2F2N3OS. The van der Waals surface area contributed by atoms with Crippen LogP contribution in [0.4, 0.5) is 13.8 Å². The smallest absolute Gasteiger partial charge is 0.256 e. The van der Waals surface area contributed by atoms with Crippen molar-refractivity contribution in [2.75, 3.05) is 5.32 Å². The van der Waals surface area contributed by atoms with Crippen molar-refractivity contribution in [2.45, 2.75) is 63.0 Å². The van der Waals surface area contributed by atoms with Crippen LogP contribution in [-0.4, -0.2) is 28.9 Å². The highest BCUT2D eigenvalue weighted by Crippen LogP contribution is 2.43. The monoisotopic (exact) mass is 463 g/mol. The minimum atomic E-state index is -2.49. The Labute approximate surface area is 185 Å². The molecule has 0 bridgehead atoms. The second kappa shape index (κ2) is 9.69. The van der Waals surface area contributed by atoms with Crippen LogP contribution >= 0.6 is 36.2 Å². The quantitative estimate of drug-likeness (QED) is 0.608. The maximum absolute atomic E-state index is 13.3. The van der Waals surface area contributed by atoms with Crippen molar-refractivity contribution in [1.82, 2.24) is 10.3 Å². The Kier molecular flexibility index (Phi) is 8.01. The van der Waals surface area contributed by atoms with Crippen LogP contribution in [-0.2, 0) is 0 Å². The number of carbonyl (C=O) groups excluding carboxylic acids is 1. The molecule has 2 aliphatic rings. The predicted molar refractivity (Wildman–Crippen MR) is 117 cm³/mol. The summed E-state index contributed by atoms with van der Waals surface area (Å²) >= 11 is 1.45. The van der Waals surface area contributed by atoms with Crippen molar-refractivity contribution in [1.29, 1.82) is 0 Å². The van der Waals surface area contributed by atoms with Gasteiger partial charge in [0.15, 0.2) is 0 Å². The SMILES string of the molecule is Cc1ncc(NC(=O)c2cccc(C3CC3NC3CCC(F)(F)CC3)c2)s1.Cl.Cl. The first-order valence-corrected chi connectivity index (χ1v) is 10.2. The molecule has 4 rings (SSSR count). The van der Waals surface area contributed by atoms with E-state index in [1.807, 2.05) is 25.1 Å². The third-order valence-electron chi connectivity index (χ3n) is 5.39. The first-order valence-electron chi connectivity index (χ1n) is 9.37. The second-order valence-corrected chi connectivity index (χ2v) is 8.80. The maximum atomic E-state index is 13.3. The molecule has 29 heavy (non-hydrogen) atoms. The molecule has 4 nitrogen and oxygen atoms in total. The summed E-state index contributed by atoms with van der Waals surface area (Å²) in [6.07, 6.45) is 3.69. The van der Waals surface area contributed by atoms with E-state index in [1.54, 1.807) is 12.3 Å². The van der Waals surface area contributed by atoms with Crippen molar-refractivity contribution in [2.24, 2.45) is 0 Å². The lowest BCUT2D eigenvalue weighted by Gasteiger charge is -2.29. The fraction of sp³-hybridized carbons (Fsp3) is 0.500. The summed E-state index contributed by atoms with van der Waals surface area (Å²) in [6, 6.07) is 8.18. The van der Waals surface area contributed by atoms with Crippen LogP contribution in [0.5, 0.6) is 0 Å². The molecule has 0 radical (unpaired) electrons. The third kappa shape index (κ3) is 6.10. The van der Waals surface area contributed by atoms with E-state index < -0.39 is 5.92 Å². The summed E-state index contributed by atoms with van der Waals surface area (Å²) in [7, 11) is 0. The zero-order valence-electron chi connectivity index (χ0n) is 16.0. The molecule has 2 aliphatic carbocycles. The van der Waals surface area contributed by atoms with Gasteiger partial charge in [0.1, 0.15) is 5.00 Å². The van der Waals surface area contributed by atoms with E-state index in [0.29, 0.717) is 30.4 Å². The summed E-state index contributed by atoms with van der Waals surface area (Å²) in [5, 5.41) is 8.06. The number of thiazole rings is 1. The standard InChI is InChI=1S/C20H23F2N3OS.2ClH/c1-12-23-11-18(27-12)25-19(26)14-4-2-3-13(9-14)16-10-17(16)24-15-5-7-20(21,22)8-6-15;;/h2-4,9,11,15-17,24H,5-8,10H2,1H3,(H,25,26);2*1H. The van der Waals surface area contributed by atoms with Gasteiger partial charge in [0, 0.05) is 36.4 Å². The van der Waals surface area contributed by atoms with Gasteiger partial charge in [-0.25, -0.2) is 13.8 Å². The molecule has 1 amide bonds. The molecule has 1 aromatic heterocycles. The van der Waals surface area contributed by atoms with E-state index in [9.17, 15) is 13.6 Å². The lowest BCUT2D eigenvalue weighted by Crippen LogP contribution is -2.38. The number of aryl methyl sites for hydroxylation is 1. The molecule has 0 aliphatic heterocycles. The number of hydrogen-bond acceptors (Lipinski definition) is 4. The summed E-state index contributed by atoms with van der Waals surface area (Å²) in [4.78, 5) is 16.6. The van der Waals surface area contributed by atoms with Crippen LogP contribution < -0.4 is 10.6 Å². The number of alkyl halides is 2. The van der Waals surface area contributed by atoms with Crippen LogP contribution in [0.1, 0.15) is 59.0 Å². The minimum Gasteiger partial charge on any atom is -0.312 e. The number of amides is 1. The Bertz CT molecular complexity index is 839. The van der Waals surface area contributed by atoms with Crippen molar-refractivity contribution in [3.63, 3.8) is 0 Å². The molecule has 2 unspecified atom stereocenters. The average Bonchev–Trinajstić information content (AvgIpc) is 3.29. The molecule has 9 heteroatoms. The Morgan fingerprint density at radius 2 is 1.97 bits per heavy atom. The van der Waals surface area contributed by atoms with Gasteiger partial charge in [0.05, 0.1) is 11.2 Å². The van der Waals surface area contributed by atoms with Crippen LogP contribution in [0, 0.1) is 6.92 Å². The van der Waals surface area contributed by atoms with Gasteiger partial charge in [0.25, 0.3) is 5.91 Å². The molecule has 160 valence electrons. The van der Waals surface area contributed by atoms with Gasteiger partial charge in [-0.05, 0) is 43.9 Å². The van der Waals surface area contributed by atoms with Crippen molar-refractivity contribution >= 4 is 47.1 Å². The van der Waals surface area contributed by atoms with Gasteiger partial charge in [0.2, 0.25) is 5.92 Å². The minimum absolute atomic E-state index is 0. The second-order valence-electron chi connectivity index (χ2n) is 7.57. The molecule has 2 atom stereocenters. The average molecular weight is 464 g/mol. The van der Waals surface area contributed by atoms with Gasteiger partial charge in [-0.15, -0.1) is 36.2 Å². The fourth-order valence-electron chi connectivity index (χ4n) is 3.77. The third-order valence-corrected chi connectivity index (χ3v) is 6.22. The Morgan fingerprint density at radius 1 is 1.24 bits per heavy atom. The van der Waals surface area contributed by atoms with E-state index in [0.717, 1.165) is 22.0 Å². The highest BCUT2D eigenvalue weighted by Gasteiger charge is 2.42. The van der Waals surface area contributed by atoms with Gasteiger partial charge < -0.3 is 10.6 Å². The van der Waals surface area contributed by atoms with Crippen molar-refractivity contribution in [3.8, 4) is 0 Å². The Morgan fingerprint density at radius 3 is 2.62 bits per heavy atom. The zero-order valence-corrected chi connectivity index (χ0v) is 18.4. The summed E-state index contributed by atoms with van der Waals surface area (Å²) in [6.45, 7) is 1.90. The maximum Gasteiger partial charge on any atom is 0.256 e. The molecule has 1 aromatic carbocycles. The number of rotatable bonds is 5. The van der Waals surface area contributed by atoms with Crippen LogP contribution in [0.2, 0.25) is 0 Å². The molecule has 1 heterocycles. The number of carbonyl (C=O) groups is 1. The number of aromatic nitrogens is 1. The van der Waals surface area contributed by atoms with Gasteiger partial charge >= 0.3 is 0 Å². The van der Waals surface area contributed by atoms with Gasteiger partial charge in [-0.3, -0.25) is 4.79 Å². The number of nitrogens with zero attached hydrogens (tertiary/aromatic N) is 1. The first-order chi connectivity index (χ1) is 12.9.